The number of para-hydroxylation sites is 1. The molecule has 1 aromatic heterocycles. The Morgan fingerprint density at radius 1 is 1.14 bits per heavy atom. The highest BCUT2D eigenvalue weighted by Crippen LogP contribution is 2.22. The summed E-state index contributed by atoms with van der Waals surface area (Å²) in [4.78, 5) is 11.3. The van der Waals surface area contributed by atoms with Crippen LogP contribution >= 0.6 is 0 Å². The third-order valence-electron chi connectivity index (χ3n) is 2.60. The maximum absolute atomic E-state index is 11.3. The van der Waals surface area contributed by atoms with Crippen molar-refractivity contribution < 1.29 is 4.79 Å². The predicted molar refractivity (Wildman–Crippen MR) is 56.0 cm³/mol. The summed E-state index contributed by atoms with van der Waals surface area (Å²) >= 11 is 0. The van der Waals surface area contributed by atoms with E-state index in [1.165, 1.54) is 5.39 Å². The van der Waals surface area contributed by atoms with Gasteiger partial charge in [0.2, 0.25) is 0 Å². The molecule has 0 unspecified atom stereocenters. The summed E-state index contributed by atoms with van der Waals surface area (Å²) in [5.41, 5.74) is 2.26. The van der Waals surface area contributed by atoms with E-state index in [2.05, 4.69) is 16.7 Å². The van der Waals surface area contributed by atoms with Gasteiger partial charge >= 0.3 is 0 Å². The maximum Gasteiger partial charge on any atom is 0.175 e. The third kappa shape index (κ3) is 0.940. The summed E-state index contributed by atoms with van der Waals surface area (Å²) in [5, 5.41) is 1.20. The van der Waals surface area contributed by atoms with Gasteiger partial charge in [0.15, 0.2) is 5.78 Å². The Bertz CT molecular complexity index is 548. The average molecular weight is 183 g/mol. The van der Waals surface area contributed by atoms with Crippen molar-refractivity contribution in [2.24, 2.45) is 0 Å². The molecule has 2 aromatic rings. The zero-order valence-electron chi connectivity index (χ0n) is 7.60. The molecule has 0 fully saturated rings. The Morgan fingerprint density at radius 2 is 2.00 bits per heavy atom. The summed E-state index contributed by atoms with van der Waals surface area (Å²) in [6, 6.07) is 10.2. The predicted octanol–water partition coefficient (Wildman–Crippen LogP) is 2.24. The summed E-state index contributed by atoms with van der Waals surface area (Å²) in [6.07, 6.45) is 3.53. The average Bonchev–Trinajstić information content (AvgIpc) is 2.56. The first-order valence-corrected chi connectivity index (χ1v) is 4.64. The Hall–Kier alpha value is -1.83. The van der Waals surface area contributed by atoms with E-state index in [-0.39, 0.29) is 5.78 Å². The van der Waals surface area contributed by atoms with Crippen LogP contribution < -0.4 is 0 Å². The second kappa shape index (κ2) is 2.58. The van der Waals surface area contributed by atoms with Gasteiger partial charge in [0, 0.05) is 16.6 Å². The largest absolute Gasteiger partial charge is 0.333 e. The molecule has 0 bridgehead atoms. The lowest BCUT2D eigenvalue weighted by molar-refractivity contribution is -0.115. The number of carbonyl (C=O) groups is 1. The van der Waals surface area contributed by atoms with E-state index >= 15 is 0 Å². The van der Waals surface area contributed by atoms with Crippen molar-refractivity contribution in [3.8, 4) is 0 Å². The van der Waals surface area contributed by atoms with Gasteiger partial charge in [-0.15, -0.1) is 0 Å². The normalized spacial score (nSPS) is 14.7. The first-order chi connectivity index (χ1) is 6.84. The van der Waals surface area contributed by atoms with Gasteiger partial charge in [-0.25, -0.2) is 0 Å². The standard InChI is InChI=1S/C12H9NO/c14-11-6-5-10-7-9-3-1-2-4-12(9)13(10)8-11/h1-7H,8H2. The number of ketones is 1. The number of carbonyl (C=O) groups excluding carboxylic acids is 1. The quantitative estimate of drug-likeness (QED) is 0.614. The van der Waals surface area contributed by atoms with Crippen LogP contribution in [0.25, 0.3) is 17.0 Å². The van der Waals surface area contributed by atoms with Crippen LogP contribution in [0.15, 0.2) is 36.4 Å². The molecule has 14 heavy (non-hydrogen) atoms. The van der Waals surface area contributed by atoms with Crippen molar-refractivity contribution in [3.63, 3.8) is 0 Å². The second-order valence-corrected chi connectivity index (χ2v) is 3.51. The minimum Gasteiger partial charge on any atom is -0.333 e. The van der Waals surface area contributed by atoms with Crippen LogP contribution in [0.1, 0.15) is 5.69 Å². The molecular formula is C12H9NO. The van der Waals surface area contributed by atoms with E-state index in [0.29, 0.717) is 6.54 Å². The molecule has 1 aromatic carbocycles. The third-order valence-corrected chi connectivity index (χ3v) is 2.60. The van der Waals surface area contributed by atoms with Gasteiger partial charge in [0.1, 0.15) is 0 Å². The number of hydrogen-bond donors (Lipinski definition) is 0. The minimum absolute atomic E-state index is 0.166. The fraction of sp³-hybridized carbons (Fsp3) is 0.0833. The highest BCUT2D eigenvalue weighted by Gasteiger charge is 2.12. The molecule has 0 aliphatic carbocycles. The SMILES string of the molecule is O=C1C=Cc2cc3ccccc3n2C1. The van der Waals surface area contributed by atoms with Gasteiger partial charge in [-0.1, -0.05) is 18.2 Å². The van der Waals surface area contributed by atoms with Gasteiger partial charge in [-0.05, 0) is 24.3 Å². The zero-order chi connectivity index (χ0) is 9.54. The summed E-state index contributed by atoms with van der Waals surface area (Å²) < 4.78 is 2.05. The molecule has 2 heteroatoms. The van der Waals surface area contributed by atoms with Crippen molar-refractivity contribution in [2.45, 2.75) is 6.54 Å². The molecule has 0 saturated heterocycles. The van der Waals surface area contributed by atoms with Gasteiger partial charge in [-0.2, -0.15) is 0 Å². The molecule has 0 N–H and O–H groups in total. The number of aromatic nitrogens is 1. The highest BCUT2D eigenvalue weighted by molar-refractivity contribution is 5.98. The van der Waals surface area contributed by atoms with Crippen molar-refractivity contribution >= 4 is 22.8 Å². The topological polar surface area (TPSA) is 22.0 Å². The number of benzene rings is 1. The van der Waals surface area contributed by atoms with Crippen molar-refractivity contribution in [2.75, 3.05) is 0 Å². The fourth-order valence-corrected chi connectivity index (χ4v) is 1.93. The fourth-order valence-electron chi connectivity index (χ4n) is 1.93. The van der Waals surface area contributed by atoms with Crippen molar-refractivity contribution in [1.29, 1.82) is 0 Å². The number of allylic oxidation sites excluding steroid dienone is 1. The van der Waals surface area contributed by atoms with Gasteiger partial charge in [0.05, 0.1) is 6.54 Å². The molecule has 2 nitrogen and oxygen atoms in total. The Kier molecular flexibility index (Phi) is 1.39. The lowest BCUT2D eigenvalue weighted by Crippen LogP contribution is -2.12. The molecule has 0 radical (unpaired) electrons. The molecule has 0 atom stereocenters. The van der Waals surface area contributed by atoms with Crippen LogP contribution in [-0.2, 0) is 11.3 Å². The second-order valence-electron chi connectivity index (χ2n) is 3.51. The zero-order valence-corrected chi connectivity index (χ0v) is 7.60. The van der Waals surface area contributed by atoms with Gasteiger partial charge in [-0.3, -0.25) is 4.79 Å². The molecule has 0 saturated carbocycles. The molecule has 1 aliphatic rings. The Balaban J connectivity index is 2.37. The van der Waals surface area contributed by atoms with Gasteiger partial charge < -0.3 is 4.57 Å². The molecule has 3 rings (SSSR count). The van der Waals surface area contributed by atoms with Crippen LogP contribution in [0.2, 0.25) is 0 Å². The Morgan fingerprint density at radius 3 is 2.93 bits per heavy atom. The van der Waals surface area contributed by atoms with E-state index < -0.39 is 0 Å². The molecule has 1 aliphatic heterocycles. The molecular weight excluding hydrogens is 174 g/mol. The van der Waals surface area contributed by atoms with Crippen LogP contribution in [0.5, 0.6) is 0 Å². The number of nitrogens with zero attached hydrogens (tertiary/aromatic N) is 1. The van der Waals surface area contributed by atoms with E-state index in [4.69, 9.17) is 0 Å². The van der Waals surface area contributed by atoms with Gasteiger partial charge in [0.25, 0.3) is 0 Å². The molecule has 68 valence electrons. The number of rotatable bonds is 0. The van der Waals surface area contributed by atoms with E-state index in [1.807, 2.05) is 24.3 Å². The van der Waals surface area contributed by atoms with Crippen LogP contribution in [0.3, 0.4) is 0 Å². The van der Waals surface area contributed by atoms with Crippen LogP contribution in [0, 0.1) is 0 Å². The molecule has 0 spiro atoms. The lowest BCUT2D eigenvalue weighted by Gasteiger charge is -2.09. The summed E-state index contributed by atoms with van der Waals surface area (Å²) in [7, 11) is 0. The smallest absolute Gasteiger partial charge is 0.175 e. The maximum atomic E-state index is 11.3. The summed E-state index contributed by atoms with van der Waals surface area (Å²) in [6.45, 7) is 0.472. The van der Waals surface area contributed by atoms with E-state index in [1.54, 1.807) is 6.08 Å². The lowest BCUT2D eigenvalue weighted by atomic mass is 10.2. The van der Waals surface area contributed by atoms with E-state index in [9.17, 15) is 4.79 Å². The number of hydrogen-bond acceptors (Lipinski definition) is 1. The van der Waals surface area contributed by atoms with Crippen LogP contribution in [0.4, 0.5) is 0 Å². The van der Waals surface area contributed by atoms with Crippen molar-refractivity contribution in [1.82, 2.24) is 4.57 Å². The number of fused-ring (bicyclic) bond motifs is 3. The van der Waals surface area contributed by atoms with E-state index in [0.717, 1.165) is 11.2 Å². The Labute approximate surface area is 81.5 Å². The first-order valence-electron chi connectivity index (χ1n) is 4.64. The first kappa shape index (κ1) is 7.56. The highest BCUT2D eigenvalue weighted by atomic mass is 16.1. The minimum atomic E-state index is 0.166. The summed E-state index contributed by atoms with van der Waals surface area (Å²) in [5.74, 6) is 0.166. The van der Waals surface area contributed by atoms with Crippen molar-refractivity contribution in [3.05, 3.63) is 42.1 Å². The van der Waals surface area contributed by atoms with Crippen LogP contribution in [-0.4, -0.2) is 10.4 Å². The molecule has 2 heterocycles. The monoisotopic (exact) mass is 183 g/mol. The molecule has 0 amide bonds.